The maximum Gasteiger partial charge on any atom is 0.413 e. The maximum atomic E-state index is 11.5. The molecule has 0 fully saturated rings. The van der Waals surface area contributed by atoms with E-state index in [4.69, 9.17) is 21.4 Å². The number of rotatable bonds is 2. The van der Waals surface area contributed by atoms with Crippen LogP contribution in [0.2, 0.25) is 5.15 Å². The predicted molar refractivity (Wildman–Crippen MR) is 63.9 cm³/mol. The van der Waals surface area contributed by atoms with Crippen LogP contribution in [0.25, 0.3) is 0 Å². The number of carboxylic acids is 1. The third-order valence-corrected chi connectivity index (χ3v) is 1.75. The van der Waals surface area contributed by atoms with Gasteiger partial charge in [-0.15, -0.1) is 0 Å². The van der Waals surface area contributed by atoms with Crippen LogP contribution >= 0.6 is 11.6 Å². The van der Waals surface area contributed by atoms with E-state index in [-0.39, 0.29) is 11.0 Å². The lowest BCUT2D eigenvalue weighted by atomic mass is 10.2. The van der Waals surface area contributed by atoms with Gasteiger partial charge in [0.2, 0.25) is 0 Å². The lowest BCUT2D eigenvalue weighted by Gasteiger charge is -2.19. The summed E-state index contributed by atoms with van der Waals surface area (Å²) in [4.78, 5) is 29.6. The van der Waals surface area contributed by atoms with Crippen molar-refractivity contribution in [3.63, 3.8) is 0 Å². The number of anilines is 1. The molecule has 0 saturated carbocycles. The predicted octanol–water partition coefficient (Wildman–Crippen LogP) is 2.18. The van der Waals surface area contributed by atoms with Gasteiger partial charge in [0.25, 0.3) is 0 Å². The molecule has 0 aromatic carbocycles. The van der Waals surface area contributed by atoms with Gasteiger partial charge in [-0.05, 0) is 20.8 Å². The summed E-state index contributed by atoms with van der Waals surface area (Å²) in [7, 11) is 0. The Kier molecular flexibility index (Phi) is 4.07. The zero-order valence-corrected chi connectivity index (χ0v) is 10.8. The molecule has 0 aliphatic heterocycles. The van der Waals surface area contributed by atoms with Crippen molar-refractivity contribution < 1.29 is 19.4 Å². The molecule has 0 atom stereocenters. The molecule has 0 unspecified atom stereocenters. The Hall–Kier alpha value is -1.89. The number of hydrogen-bond acceptors (Lipinski definition) is 5. The summed E-state index contributed by atoms with van der Waals surface area (Å²) >= 11 is 5.52. The van der Waals surface area contributed by atoms with Crippen LogP contribution in [-0.2, 0) is 4.74 Å². The summed E-state index contributed by atoms with van der Waals surface area (Å²) < 4.78 is 4.96. The number of ether oxygens (including phenoxy) is 1. The fourth-order valence-electron chi connectivity index (χ4n) is 1.01. The Morgan fingerprint density at radius 2 is 2.06 bits per heavy atom. The minimum Gasteiger partial charge on any atom is -0.476 e. The molecule has 18 heavy (non-hydrogen) atoms. The Balaban J connectivity index is 2.91. The Labute approximate surface area is 108 Å². The van der Waals surface area contributed by atoms with E-state index >= 15 is 0 Å². The summed E-state index contributed by atoms with van der Waals surface area (Å²) in [6, 6.07) is 0. The molecule has 1 aromatic heterocycles. The number of halogens is 1. The number of aromatic nitrogens is 2. The zero-order chi connectivity index (χ0) is 13.9. The highest BCUT2D eigenvalue weighted by Crippen LogP contribution is 2.15. The quantitative estimate of drug-likeness (QED) is 0.856. The number of carboxylic acid groups (broad SMARTS) is 1. The minimum atomic E-state index is -1.35. The number of nitrogens with one attached hydrogen (secondary N) is 1. The average Bonchev–Trinajstić information content (AvgIpc) is 2.17. The molecule has 98 valence electrons. The molecule has 1 heterocycles. The molecule has 0 spiro atoms. The summed E-state index contributed by atoms with van der Waals surface area (Å²) in [6.07, 6.45) is 0.308. The second-order valence-corrected chi connectivity index (χ2v) is 4.71. The van der Waals surface area contributed by atoms with E-state index in [0.717, 1.165) is 6.20 Å². The number of nitrogens with zero attached hydrogens (tertiary/aromatic N) is 2. The third kappa shape index (κ3) is 4.17. The van der Waals surface area contributed by atoms with Crippen LogP contribution in [0.4, 0.5) is 10.6 Å². The first-order valence-electron chi connectivity index (χ1n) is 4.95. The van der Waals surface area contributed by atoms with Gasteiger partial charge >= 0.3 is 12.1 Å². The molecule has 2 N–H and O–H groups in total. The smallest absolute Gasteiger partial charge is 0.413 e. The molecule has 0 saturated heterocycles. The molecular formula is C10H12ClN3O4. The monoisotopic (exact) mass is 273 g/mol. The van der Waals surface area contributed by atoms with E-state index < -0.39 is 23.4 Å². The highest BCUT2D eigenvalue weighted by atomic mass is 35.5. The van der Waals surface area contributed by atoms with Crippen LogP contribution in [0.5, 0.6) is 0 Å². The number of carbonyl (C=O) groups excluding carboxylic acids is 1. The lowest BCUT2D eigenvalue weighted by Crippen LogP contribution is -2.28. The molecule has 1 rings (SSSR count). The van der Waals surface area contributed by atoms with Crippen molar-refractivity contribution in [2.24, 2.45) is 0 Å². The van der Waals surface area contributed by atoms with Crippen LogP contribution in [-0.4, -0.2) is 32.7 Å². The maximum absolute atomic E-state index is 11.5. The number of hydrogen-bond donors (Lipinski definition) is 2. The molecule has 0 bridgehead atoms. The minimum absolute atomic E-state index is 0.0814. The number of carbonyl (C=O) groups is 2. The molecule has 1 amide bonds. The Bertz CT molecular complexity index is 485. The summed E-state index contributed by atoms with van der Waals surface area (Å²) in [5.41, 5.74) is -1.15. The van der Waals surface area contributed by atoms with Gasteiger partial charge in [0.15, 0.2) is 11.5 Å². The van der Waals surface area contributed by atoms with Crippen molar-refractivity contribution in [3.05, 3.63) is 17.0 Å². The van der Waals surface area contributed by atoms with E-state index in [1.807, 2.05) is 0 Å². The average molecular weight is 274 g/mol. The Morgan fingerprint density at radius 3 is 2.56 bits per heavy atom. The normalized spacial score (nSPS) is 10.9. The van der Waals surface area contributed by atoms with Crippen molar-refractivity contribution in [2.45, 2.75) is 26.4 Å². The van der Waals surface area contributed by atoms with Gasteiger partial charge in [0.1, 0.15) is 10.8 Å². The van der Waals surface area contributed by atoms with Gasteiger partial charge in [0, 0.05) is 0 Å². The second-order valence-electron chi connectivity index (χ2n) is 4.32. The topological polar surface area (TPSA) is 101 Å². The fraction of sp³-hybridized carbons (Fsp3) is 0.400. The molecule has 0 radical (unpaired) electrons. The summed E-state index contributed by atoms with van der Waals surface area (Å²) in [5, 5.41) is 11.0. The van der Waals surface area contributed by atoms with Crippen LogP contribution in [0.15, 0.2) is 6.20 Å². The van der Waals surface area contributed by atoms with Crippen LogP contribution < -0.4 is 5.32 Å². The van der Waals surface area contributed by atoms with E-state index in [2.05, 4.69) is 15.3 Å². The van der Waals surface area contributed by atoms with Crippen LogP contribution in [0.1, 0.15) is 31.3 Å². The summed E-state index contributed by atoms with van der Waals surface area (Å²) in [6.45, 7) is 5.04. The van der Waals surface area contributed by atoms with Crippen molar-refractivity contribution in [2.75, 3.05) is 5.32 Å². The van der Waals surface area contributed by atoms with Gasteiger partial charge in [-0.3, -0.25) is 5.32 Å². The first-order valence-corrected chi connectivity index (χ1v) is 5.32. The van der Waals surface area contributed by atoms with E-state index in [9.17, 15) is 9.59 Å². The molecule has 1 aromatic rings. The molecular weight excluding hydrogens is 262 g/mol. The SMILES string of the molecule is CC(C)(C)OC(=O)Nc1ncc(Cl)nc1C(=O)O. The fourth-order valence-corrected chi connectivity index (χ4v) is 1.14. The Morgan fingerprint density at radius 1 is 1.44 bits per heavy atom. The van der Waals surface area contributed by atoms with Crippen molar-refractivity contribution in [1.29, 1.82) is 0 Å². The van der Waals surface area contributed by atoms with Gasteiger partial charge in [-0.1, -0.05) is 11.6 Å². The zero-order valence-electron chi connectivity index (χ0n) is 10.0. The first kappa shape index (κ1) is 14.2. The lowest BCUT2D eigenvalue weighted by molar-refractivity contribution is 0.0635. The van der Waals surface area contributed by atoms with Crippen LogP contribution in [0.3, 0.4) is 0 Å². The molecule has 8 heteroatoms. The third-order valence-electron chi connectivity index (χ3n) is 1.57. The number of amides is 1. The van der Waals surface area contributed by atoms with Gasteiger partial charge in [0.05, 0.1) is 6.20 Å². The highest BCUT2D eigenvalue weighted by Gasteiger charge is 2.20. The van der Waals surface area contributed by atoms with E-state index in [0.29, 0.717) is 0 Å². The van der Waals surface area contributed by atoms with Gasteiger partial charge in [-0.25, -0.2) is 19.6 Å². The van der Waals surface area contributed by atoms with Crippen molar-refractivity contribution in [3.8, 4) is 0 Å². The van der Waals surface area contributed by atoms with Crippen LogP contribution in [0, 0.1) is 0 Å². The molecule has 7 nitrogen and oxygen atoms in total. The van der Waals surface area contributed by atoms with Gasteiger partial charge < -0.3 is 9.84 Å². The first-order chi connectivity index (χ1) is 8.19. The van der Waals surface area contributed by atoms with Crippen molar-refractivity contribution >= 4 is 29.5 Å². The van der Waals surface area contributed by atoms with Gasteiger partial charge in [-0.2, -0.15) is 0 Å². The number of aromatic carboxylic acids is 1. The van der Waals surface area contributed by atoms with E-state index in [1.165, 1.54) is 0 Å². The standard InChI is InChI=1S/C10H12ClN3O4/c1-10(2,3)18-9(17)14-7-6(8(15)16)13-5(11)4-12-7/h4H,1-3H3,(H,15,16)(H,12,14,17). The molecule has 0 aliphatic carbocycles. The highest BCUT2D eigenvalue weighted by molar-refractivity contribution is 6.29. The largest absolute Gasteiger partial charge is 0.476 e. The second kappa shape index (κ2) is 5.18. The van der Waals surface area contributed by atoms with E-state index in [1.54, 1.807) is 20.8 Å². The van der Waals surface area contributed by atoms with Crippen molar-refractivity contribution in [1.82, 2.24) is 9.97 Å². The summed E-state index contributed by atoms with van der Waals surface area (Å²) in [5.74, 6) is -1.57. The molecule has 0 aliphatic rings.